The molecule has 0 spiro atoms. The van der Waals surface area contributed by atoms with Gasteiger partial charge in [-0.15, -0.1) is 0 Å². The average Bonchev–Trinajstić information content (AvgIpc) is 3.24. The highest BCUT2D eigenvalue weighted by Gasteiger charge is 2.23. The van der Waals surface area contributed by atoms with Crippen LogP contribution in [0.4, 0.5) is 0 Å². The largest absolute Gasteiger partial charge is 0.462 e. The third-order valence-corrected chi connectivity index (χ3v) is 11.5. The summed E-state index contributed by atoms with van der Waals surface area (Å²) in [6.07, 6.45) is 24.2. The zero-order valence-corrected chi connectivity index (χ0v) is 36.6. The molecule has 4 unspecified atom stereocenters. The summed E-state index contributed by atoms with van der Waals surface area (Å²) in [6, 6.07) is 27.7. The number of benzene rings is 3. The van der Waals surface area contributed by atoms with Gasteiger partial charge in [0, 0.05) is 0 Å². The summed E-state index contributed by atoms with van der Waals surface area (Å²) >= 11 is 0. The fraction of sp³-hybridized carbons (Fsp3) is 0.615. The van der Waals surface area contributed by atoms with Crippen molar-refractivity contribution in [3.05, 3.63) is 96.1 Å². The van der Waals surface area contributed by atoms with Gasteiger partial charge in [-0.05, 0) is 72.6 Å². The molecule has 3 aromatic rings. The second-order valence-corrected chi connectivity index (χ2v) is 16.0. The highest BCUT2D eigenvalue weighted by Crippen LogP contribution is 2.33. The molecule has 0 fully saturated rings. The lowest BCUT2D eigenvalue weighted by Crippen LogP contribution is -2.18. The van der Waals surface area contributed by atoms with E-state index < -0.39 is 11.9 Å². The molecule has 0 radical (unpaired) electrons. The number of ether oxygens (including phenoxy) is 2. The van der Waals surface area contributed by atoms with Gasteiger partial charge < -0.3 is 9.47 Å². The molecule has 4 atom stereocenters. The Morgan fingerprint density at radius 2 is 0.661 bits per heavy atom. The van der Waals surface area contributed by atoms with Crippen LogP contribution in [0.1, 0.15) is 191 Å². The van der Waals surface area contributed by atoms with Crippen LogP contribution in [0.25, 0.3) is 11.1 Å². The molecule has 0 bridgehead atoms. The Morgan fingerprint density at radius 1 is 0.375 bits per heavy atom. The number of hydrogen-bond acceptors (Lipinski definition) is 4. The van der Waals surface area contributed by atoms with Crippen LogP contribution < -0.4 is 0 Å². The first-order valence-corrected chi connectivity index (χ1v) is 23.0. The molecule has 0 aliphatic heterocycles. The third-order valence-electron chi connectivity index (χ3n) is 11.5. The minimum Gasteiger partial charge on any atom is -0.462 e. The highest BCUT2D eigenvalue weighted by atomic mass is 16.5. The Kier molecular flexibility index (Phi) is 27.6. The van der Waals surface area contributed by atoms with Crippen molar-refractivity contribution in [2.45, 2.75) is 170 Å². The molecule has 0 N–H and O–H groups in total. The molecule has 56 heavy (non-hydrogen) atoms. The molecule has 0 aliphatic rings. The Bertz CT molecular complexity index is 1280. The molecule has 0 saturated heterocycles. The van der Waals surface area contributed by atoms with Crippen molar-refractivity contribution in [1.82, 2.24) is 0 Å². The number of carbonyl (C=O) groups excluding carboxylic acids is 2. The molecule has 0 saturated carbocycles. The van der Waals surface area contributed by atoms with Crippen LogP contribution in [-0.2, 0) is 9.47 Å². The number of carbonyl (C=O) groups is 2. The smallest absolute Gasteiger partial charge is 0.339 e. The number of unbranched alkanes of at least 4 members (excludes halogenated alkanes) is 4. The summed E-state index contributed by atoms with van der Waals surface area (Å²) in [4.78, 5) is 26.2. The minimum atomic E-state index is -0.420. The van der Waals surface area contributed by atoms with E-state index in [9.17, 15) is 9.59 Å². The minimum absolute atomic E-state index is 0.315. The van der Waals surface area contributed by atoms with Gasteiger partial charge in [0.15, 0.2) is 0 Å². The molecule has 0 aliphatic carbocycles. The summed E-state index contributed by atoms with van der Waals surface area (Å²) in [6.45, 7) is 14.5. The lowest BCUT2D eigenvalue weighted by molar-refractivity contribution is 0.0441. The lowest BCUT2D eigenvalue weighted by atomic mass is 9.79. The second kappa shape index (κ2) is 31.7. The topological polar surface area (TPSA) is 52.6 Å². The van der Waals surface area contributed by atoms with E-state index in [2.05, 4.69) is 90.1 Å². The van der Waals surface area contributed by atoms with Crippen molar-refractivity contribution in [2.24, 2.45) is 23.7 Å². The van der Waals surface area contributed by atoms with Crippen LogP contribution in [-0.4, -0.2) is 25.2 Å². The van der Waals surface area contributed by atoms with Crippen molar-refractivity contribution >= 4 is 11.9 Å². The van der Waals surface area contributed by atoms with Gasteiger partial charge in [-0.1, -0.05) is 217 Å². The van der Waals surface area contributed by atoms with Gasteiger partial charge in [-0.25, -0.2) is 9.59 Å². The van der Waals surface area contributed by atoms with E-state index in [0.29, 0.717) is 36.2 Å². The molecule has 0 aromatic heterocycles. The predicted molar refractivity (Wildman–Crippen MR) is 239 cm³/mol. The van der Waals surface area contributed by atoms with E-state index in [4.69, 9.17) is 9.47 Å². The van der Waals surface area contributed by atoms with E-state index in [1.807, 2.05) is 12.1 Å². The summed E-state index contributed by atoms with van der Waals surface area (Å²) in [5.41, 5.74) is 3.18. The number of esters is 2. The molecule has 4 nitrogen and oxygen atoms in total. The molecular formula is C52H80O4. The van der Waals surface area contributed by atoms with Gasteiger partial charge in [0.05, 0.1) is 24.3 Å². The SMILES string of the molecule is CCCCC(CCC)C(CCCC)CCCOC(=O)c1ccccc1C(=O)OCCCC(CCCC)C(CCC)CCCC.c1ccc(-c2ccccc2)cc1. The number of hydrogen-bond donors (Lipinski definition) is 0. The normalized spacial score (nSPS) is 13.2. The van der Waals surface area contributed by atoms with Crippen LogP contribution in [0.3, 0.4) is 0 Å². The Hall–Kier alpha value is -3.40. The summed E-state index contributed by atoms with van der Waals surface area (Å²) in [5.74, 6) is 2.11. The zero-order chi connectivity index (χ0) is 40.6. The Balaban J connectivity index is 0.000000753. The quantitative estimate of drug-likeness (QED) is 0.0521. The van der Waals surface area contributed by atoms with Crippen LogP contribution in [0.15, 0.2) is 84.9 Å². The fourth-order valence-electron chi connectivity index (χ4n) is 8.35. The van der Waals surface area contributed by atoms with E-state index >= 15 is 0 Å². The van der Waals surface area contributed by atoms with Crippen molar-refractivity contribution in [1.29, 1.82) is 0 Å². The van der Waals surface area contributed by atoms with Gasteiger partial charge in [0.1, 0.15) is 0 Å². The third kappa shape index (κ3) is 19.6. The second-order valence-electron chi connectivity index (χ2n) is 16.0. The lowest BCUT2D eigenvalue weighted by Gasteiger charge is -2.27. The Labute approximate surface area is 344 Å². The molecule has 4 heteroatoms. The summed E-state index contributed by atoms with van der Waals surface area (Å²) in [7, 11) is 0. The summed E-state index contributed by atoms with van der Waals surface area (Å²) in [5, 5.41) is 0. The summed E-state index contributed by atoms with van der Waals surface area (Å²) < 4.78 is 11.4. The molecule has 0 heterocycles. The first-order valence-electron chi connectivity index (χ1n) is 23.0. The van der Waals surface area contributed by atoms with Crippen LogP contribution in [0, 0.1) is 23.7 Å². The van der Waals surface area contributed by atoms with Gasteiger partial charge in [0.2, 0.25) is 0 Å². The predicted octanol–water partition coefficient (Wildman–Crippen LogP) is 15.7. The van der Waals surface area contributed by atoms with Gasteiger partial charge in [-0.3, -0.25) is 0 Å². The zero-order valence-electron chi connectivity index (χ0n) is 36.6. The maximum atomic E-state index is 13.1. The van der Waals surface area contributed by atoms with Crippen LogP contribution >= 0.6 is 0 Å². The maximum absolute atomic E-state index is 13.1. The van der Waals surface area contributed by atoms with Crippen molar-refractivity contribution in [3.8, 4) is 11.1 Å². The van der Waals surface area contributed by atoms with Crippen LogP contribution in [0.5, 0.6) is 0 Å². The van der Waals surface area contributed by atoms with E-state index in [-0.39, 0.29) is 0 Å². The fourth-order valence-corrected chi connectivity index (χ4v) is 8.35. The van der Waals surface area contributed by atoms with Gasteiger partial charge >= 0.3 is 11.9 Å². The van der Waals surface area contributed by atoms with Crippen molar-refractivity contribution < 1.29 is 19.1 Å². The first-order chi connectivity index (χ1) is 27.4. The van der Waals surface area contributed by atoms with Gasteiger partial charge in [-0.2, -0.15) is 0 Å². The monoisotopic (exact) mass is 769 g/mol. The van der Waals surface area contributed by atoms with E-state index in [0.717, 1.165) is 37.5 Å². The first kappa shape index (κ1) is 48.7. The molecule has 3 aromatic carbocycles. The molecule has 3 rings (SSSR count). The van der Waals surface area contributed by atoms with Gasteiger partial charge in [0.25, 0.3) is 0 Å². The van der Waals surface area contributed by atoms with Crippen LogP contribution in [0.2, 0.25) is 0 Å². The van der Waals surface area contributed by atoms with E-state index in [1.54, 1.807) is 24.3 Å². The molecule has 0 amide bonds. The molecular weight excluding hydrogens is 689 g/mol. The average molecular weight is 769 g/mol. The standard InChI is InChI=1S/C40H70O4.C12H10/c1-7-13-23-33(21-11-5)35(25-15-9-3)27-19-31-43-39(41)37-29-17-18-30-38(37)40(42)44-32-20-28-36(26-16-10-4)34(22-12-6)24-14-8-2;1-3-7-11(8-4-1)12-9-5-2-6-10-12/h17-18,29-30,33-36H,7-16,19-28,31-32H2,1-6H3;1-10H. The Morgan fingerprint density at radius 3 is 0.964 bits per heavy atom. The van der Waals surface area contributed by atoms with E-state index in [1.165, 1.54) is 114 Å². The number of rotatable bonds is 29. The van der Waals surface area contributed by atoms with Crippen molar-refractivity contribution in [2.75, 3.05) is 13.2 Å². The maximum Gasteiger partial charge on any atom is 0.339 e. The highest BCUT2D eigenvalue weighted by molar-refractivity contribution is 6.03. The van der Waals surface area contributed by atoms with Crippen molar-refractivity contribution in [3.63, 3.8) is 0 Å². The molecule has 312 valence electrons.